The van der Waals surface area contributed by atoms with Crippen LogP contribution in [0.1, 0.15) is 66.7 Å². The number of fused-ring (bicyclic) bond motifs is 1. The van der Waals surface area contributed by atoms with Gasteiger partial charge in [0.2, 0.25) is 0 Å². The Bertz CT molecular complexity index is 872. The third kappa shape index (κ3) is 4.56. The van der Waals surface area contributed by atoms with E-state index in [0.717, 1.165) is 41.0 Å². The van der Waals surface area contributed by atoms with E-state index in [1.54, 1.807) is 0 Å². The van der Waals surface area contributed by atoms with Crippen LogP contribution in [-0.4, -0.2) is 24.8 Å². The average molecular weight is 479 g/mol. The lowest BCUT2D eigenvalue weighted by Crippen LogP contribution is -2.65. The molecule has 0 aromatic heterocycles. The zero-order chi connectivity index (χ0) is 24.5. The smallest absolute Gasteiger partial charge is 0.258 e. The molecule has 3 heteroatoms. The summed E-state index contributed by atoms with van der Waals surface area (Å²) in [6.45, 7) is 12.2. The number of hydrogen-bond donors (Lipinski definition) is 2. The second-order valence-corrected chi connectivity index (χ2v) is 16.3. The molecule has 0 saturated heterocycles. The molecular weight excluding hydrogens is 432 g/mol. The van der Waals surface area contributed by atoms with Gasteiger partial charge in [-0.25, -0.2) is 0 Å². The summed E-state index contributed by atoms with van der Waals surface area (Å²) in [5, 5.41) is 12.4. The molecule has 0 amide bonds. The van der Waals surface area contributed by atoms with Crippen molar-refractivity contribution in [1.29, 1.82) is 0 Å². The van der Waals surface area contributed by atoms with Gasteiger partial charge in [0.05, 0.1) is 0 Å². The van der Waals surface area contributed by atoms with Crippen molar-refractivity contribution in [3.63, 3.8) is 0 Å². The number of aliphatic hydroxyl groups is 1. The summed E-state index contributed by atoms with van der Waals surface area (Å²) in [4.78, 5) is 12.6. The fraction of sp³-hybridized carbons (Fsp3) is 0.613. The first-order chi connectivity index (χ1) is 16.2. The van der Waals surface area contributed by atoms with Crippen LogP contribution in [0.15, 0.2) is 60.7 Å². The molecule has 0 spiro atoms. The fourth-order valence-corrected chi connectivity index (χ4v) is 11.7. The molecule has 2 nitrogen and oxygen atoms in total. The Morgan fingerprint density at radius 1 is 0.794 bits per heavy atom. The molecule has 0 heterocycles. The topological polar surface area (TPSA) is 40.5 Å². The van der Waals surface area contributed by atoms with E-state index in [4.69, 9.17) is 0 Å². The maximum absolute atomic E-state index is 12.6. The predicted octanol–water partition coefficient (Wildman–Crippen LogP) is 5.86. The van der Waals surface area contributed by atoms with Crippen LogP contribution in [0.3, 0.4) is 0 Å². The van der Waals surface area contributed by atoms with Crippen LogP contribution in [0.5, 0.6) is 0 Å². The van der Waals surface area contributed by atoms with Crippen LogP contribution in [0, 0.1) is 41.4 Å². The van der Waals surface area contributed by atoms with Gasteiger partial charge in [-0.15, -0.1) is 0 Å². The van der Waals surface area contributed by atoms with Gasteiger partial charge in [0.15, 0.2) is 0 Å². The van der Waals surface area contributed by atoms with Gasteiger partial charge in [0, 0.05) is 6.61 Å². The van der Waals surface area contributed by atoms with Crippen molar-refractivity contribution in [3.8, 4) is 0 Å². The molecule has 2 fully saturated rings. The minimum absolute atomic E-state index is 0.227. The molecule has 0 radical (unpaired) electrons. The second kappa shape index (κ2) is 10.3. The van der Waals surface area contributed by atoms with E-state index < -0.39 is 8.32 Å². The van der Waals surface area contributed by atoms with Crippen LogP contribution < -0.4 is 10.4 Å². The van der Waals surface area contributed by atoms with Crippen LogP contribution in [-0.2, 0) is 0 Å². The third-order valence-corrected chi connectivity index (χ3v) is 14.6. The van der Waals surface area contributed by atoms with Gasteiger partial charge in [0.1, 0.15) is 0 Å². The molecule has 0 aliphatic heterocycles. The molecule has 4 rings (SSSR count). The Morgan fingerprint density at radius 2 is 1.32 bits per heavy atom. The highest BCUT2D eigenvalue weighted by atomic mass is 28.4. The summed E-state index contributed by atoms with van der Waals surface area (Å²) < 4.78 is 0. The minimum Gasteiger partial charge on any atom is -0.424 e. The van der Waals surface area contributed by atoms with Gasteiger partial charge in [0.25, 0.3) is 8.32 Å². The van der Waals surface area contributed by atoms with E-state index in [1.165, 1.54) is 19.3 Å². The van der Waals surface area contributed by atoms with Gasteiger partial charge >= 0.3 is 0 Å². The van der Waals surface area contributed by atoms with Crippen LogP contribution >= 0.6 is 0 Å². The summed E-state index contributed by atoms with van der Waals surface area (Å²) in [5.41, 5.74) is 0. The van der Waals surface area contributed by atoms with E-state index in [9.17, 15) is 9.90 Å². The van der Waals surface area contributed by atoms with Gasteiger partial charge in [-0.1, -0.05) is 108 Å². The first-order valence-corrected chi connectivity index (χ1v) is 15.6. The van der Waals surface area contributed by atoms with E-state index in [2.05, 4.69) is 83.1 Å². The quantitative estimate of drug-likeness (QED) is 0.489. The van der Waals surface area contributed by atoms with Crippen molar-refractivity contribution in [2.45, 2.75) is 71.8 Å². The van der Waals surface area contributed by atoms with Crippen molar-refractivity contribution in [2.75, 3.05) is 6.61 Å². The Kier molecular flexibility index (Phi) is 7.76. The van der Waals surface area contributed by atoms with Gasteiger partial charge in [-0.3, -0.25) is 0 Å². The lowest BCUT2D eigenvalue weighted by molar-refractivity contribution is -0.0610. The molecule has 2 aromatic carbocycles. The molecule has 2 aliphatic rings. The van der Waals surface area contributed by atoms with Crippen molar-refractivity contribution in [2.24, 2.45) is 41.4 Å². The summed E-state index contributed by atoms with van der Waals surface area (Å²) in [7, 11) is -3.00. The SMILES string of the molecule is C[C@H]1CC[C@H](C)[C@H]2[C@H](CCC(C)(C)[Si](O)(c3ccccc3)c3ccccc3)[C@H](CO)[C@@H](C)C[C@H]21. The summed E-state index contributed by atoms with van der Waals surface area (Å²) in [6.07, 6.45) is 6.02. The van der Waals surface area contributed by atoms with Crippen molar-refractivity contribution < 1.29 is 9.90 Å². The maximum Gasteiger partial charge on any atom is 0.258 e. The minimum atomic E-state index is -3.00. The van der Waals surface area contributed by atoms with Crippen molar-refractivity contribution in [3.05, 3.63) is 60.7 Å². The zero-order valence-electron chi connectivity index (χ0n) is 22.0. The molecule has 0 unspecified atom stereocenters. The van der Waals surface area contributed by atoms with Crippen molar-refractivity contribution in [1.82, 2.24) is 0 Å². The number of benzene rings is 2. The van der Waals surface area contributed by atoms with Crippen LogP contribution in [0.2, 0.25) is 5.04 Å². The number of rotatable bonds is 7. The molecule has 2 saturated carbocycles. The highest BCUT2D eigenvalue weighted by Crippen LogP contribution is 2.55. The molecule has 186 valence electrons. The van der Waals surface area contributed by atoms with Gasteiger partial charge in [-0.05, 0) is 76.1 Å². The second-order valence-electron chi connectivity index (χ2n) is 12.4. The first kappa shape index (κ1) is 25.7. The highest BCUT2D eigenvalue weighted by Gasteiger charge is 2.52. The Morgan fingerprint density at radius 3 is 1.85 bits per heavy atom. The number of aliphatic hydroxyl groups excluding tert-OH is 1. The normalized spacial score (nSPS) is 32.3. The highest BCUT2D eigenvalue weighted by molar-refractivity contribution is 6.98. The number of hydrogen-bond acceptors (Lipinski definition) is 2. The van der Waals surface area contributed by atoms with E-state index in [-0.39, 0.29) is 5.04 Å². The Labute approximate surface area is 209 Å². The maximum atomic E-state index is 12.6. The average Bonchev–Trinajstić information content (AvgIpc) is 2.85. The summed E-state index contributed by atoms with van der Waals surface area (Å²) in [5.74, 6) is 4.51. The zero-order valence-corrected chi connectivity index (χ0v) is 23.0. The Hall–Kier alpha value is -1.42. The lowest BCUT2D eigenvalue weighted by atomic mass is 9.52. The molecule has 7 atom stereocenters. The molecule has 34 heavy (non-hydrogen) atoms. The molecule has 2 aromatic rings. The molecule has 2 aliphatic carbocycles. The summed E-state index contributed by atoms with van der Waals surface area (Å²) in [6, 6.07) is 20.8. The summed E-state index contributed by atoms with van der Waals surface area (Å²) >= 11 is 0. The van der Waals surface area contributed by atoms with E-state index in [1.807, 2.05) is 12.1 Å². The Balaban J connectivity index is 1.66. The molecular formula is C31H46O2Si. The first-order valence-electron chi connectivity index (χ1n) is 13.6. The van der Waals surface area contributed by atoms with Gasteiger partial charge in [-0.2, -0.15) is 0 Å². The molecule has 2 N–H and O–H groups in total. The largest absolute Gasteiger partial charge is 0.424 e. The lowest BCUT2D eigenvalue weighted by Gasteiger charge is -2.54. The van der Waals surface area contributed by atoms with Crippen LogP contribution in [0.4, 0.5) is 0 Å². The van der Waals surface area contributed by atoms with Gasteiger partial charge < -0.3 is 9.90 Å². The van der Waals surface area contributed by atoms with Crippen LogP contribution in [0.25, 0.3) is 0 Å². The van der Waals surface area contributed by atoms with E-state index >= 15 is 0 Å². The van der Waals surface area contributed by atoms with E-state index in [0.29, 0.717) is 30.3 Å². The van der Waals surface area contributed by atoms with Crippen molar-refractivity contribution >= 4 is 18.7 Å². The predicted molar refractivity (Wildman–Crippen MR) is 146 cm³/mol. The molecule has 0 bridgehead atoms. The standard InChI is InChI=1S/C31H46O2Si/c1-22-16-17-23(2)30-27(29(21-32)24(3)20-28(22)30)18-19-31(4,5)34(33,25-12-8-6-9-13-25)26-14-10-7-11-15-26/h6-15,22-24,27-30,32-33H,16-21H2,1-5H3/t22-,23-,24-,27+,28-,29+,30-/m0/s1. The monoisotopic (exact) mass is 478 g/mol. The third-order valence-electron chi connectivity index (χ3n) is 10.1. The fourth-order valence-electron chi connectivity index (χ4n) is 7.91.